The molecule has 0 bridgehead atoms. The van der Waals surface area contributed by atoms with Crippen molar-refractivity contribution in [1.82, 2.24) is 0 Å². The normalized spacial score (nSPS) is 12.2. The van der Waals surface area contributed by atoms with Crippen molar-refractivity contribution in [2.24, 2.45) is 5.73 Å². The van der Waals surface area contributed by atoms with Gasteiger partial charge in [0.15, 0.2) is 0 Å². The summed E-state index contributed by atoms with van der Waals surface area (Å²) in [5.74, 6) is 0.852. The minimum Gasteiger partial charge on any atom is -0.497 e. The van der Waals surface area contributed by atoms with Crippen molar-refractivity contribution >= 4 is 0 Å². The summed E-state index contributed by atoms with van der Waals surface area (Å²) < 4.78 is 5.13. The summed E-state index contributed by atoms with van der Waals surface area (Å²) in [6.45, 7) is 2.07. The maximum atomic E-state index is 6.22. The predicted octanol–water partition coefficient (Wildman–Crippen LogP) is 3.05. The molecular weight excluding hydrogens is 210 g/mol. The molecule has 2 heteroatoms. The third-order valence-electron chi connectivity index (χ3n) is 2.91. The quantitative estimate of drug-likeness (QED) is 0.874. The Morgan fingerprint density at radius 2 is 1.35 bits per heavy atom. The van der Waals surface area contributed by atoms with Crippen LogP contribution in [0.5, 0.6) is 5.75 Å². The average Bonchev–Trinajstić information content (AvgIpc) is 2.39. The van der Waals surface area contributed by atoms with Gasteiger partial charge >= 0.3 is 0 Å². The Kier molecular flexibility index (Phi) is 3.45. The van der Waals surface area contributed by atoms with E-state index in [0.29, 0.717) is 0 Å². The fourth-order valence-corrected chi connectivity index (χ4v) is 1.78. The van der Waals surface area contributed by atoms with Gasteiger partial charge in [-0.05, 0) is 30.2 Å². The molecular formula is C15H17NO. The zero-order valence-electron chi connectivity index (χ0n) is 10.2. The smallest absolute Gasteiger partial charge is 0.118 e. The Balaban J connectivity index is 2.23. The van der Waals surface area contributed by atoms with Gasteiger partial charge in [-0.15, -0.1) is 0 Å². The molecule has 0 fully saturated rings. The molecule has 0 heterocycles. The zero-order chi connectivity index (χ0) is 12.3. The molecule has 0 saturated carbocycles. The van der Waals surface area contributed by atoms with Crippen LogP contribution in [-0.2, 0) is 0 Å². The van der Waals surface area contributed by atoms with Gasteiger partial charge in [0, 0.05) is 0 Å². The first-order valence-electron chi connectivity index (χ1n) is 5.67. The molecule has 88 valence electrons. The summed E-state index contributed by atoms with van der Waals surface area (Å²) >= 11 is 0. The highest BCUT2D eigenvalue weighted by molar-refractivity contribution is 5.35. The van der Waals surface area contributed by atoms with Gasteiger partial charge in [-0.2, -0.15) is 0 Å². The van der Waals surface area contributed by atoms with Crippen LogP contribution in [0.15, 0.2) is 48.5 Å². The Bertz CT molecular complexity index is 473. The number of hydrogen-bond donors (Lipinski definition) is 1. The number of rotatable bonds is 3. The first kappa shape index (κ1) is 11.7. The Morgan fingerprint density at radius 3 is 1.82 bits per heavy atom. The van der Waals surface area contributed by atoms with Gasteiger partial charge in [0.25, 0.3) is 0 Å². The molecule has 0 aromatic heterocycles. The van der Waals surface area contributed by atoms with Crippen LogP contribution in [0.3, 0.4) is 0 Å². The number of ether oxygens (including phenoxy) is 1. The van der Waals surface area contributed by atoms with Gasteiger partial charge < -0.3 is 10.5 Å². The van der Waals surface area contributed by atoms with E-state index in [1.807, 2.05) is 24.3 Å². The molecule has 0 aliphatic carbocycles. The van der Waals surface area contributed by atoms with E-state index >= 15 is 0 Å². The second kappa shape index (κ2) is 5.02. The number of nitrogens with two attached hydrogens (primary N) is 1. The molecule has 2 N–H and O–H groups in total. The van der Waals surface area contributed by atoms with E-state index in [0.717, 1.165) is 16.9 Å². The molecule has 0 aliphatic heterocycles. The van der Waals surface area contributed by atoms with E-state index in [2.05, 4.69) is 31.2 Å². The largest absolute Gasteiger partial charge is 0.497 e. The lowest BCUT2D eigenvalue weighted by Crippen LogP contribution is -2.11. The van der Waals surface area contributed by atoms with Crippen molar-refractivity contribution in [2.45, 2.75) is 13.0 Å². The predicted molar refractivity (Wildman–Crippen MR) is 70.2 cm³/mol. The van der Waals surface area contributed by atoms with Crippen LogP contribution >= 0.6 is 0 Å². The maximum Gasteiger partial charge on any atom is 0.118 e. The molecule has 2 aromatic carbocycles. The van der Waals surface area contributed by atoms with Crippen LogP contribution in [0.1, 0.15) is 22.7 Å². The topological polar surface area (TPSA) is 35.2 Å². The highest BCUT2D eigenvalue weighted by Crippen LogP contribution is 2.22. The third-order valence-corrected chi connectivity index (χ3v) is 2.91. The molecule has 0 spiro atoms. The van der Waals surface area contributed by atoms with E-state index in [9.17, 15) is 0 Å². The van der Waals surface area contributed by atoms with Crippen LogP contribution in [0.4, 0.5) is 0 Å². The minimum absolute atomic E-state index is 0.0819. The lowest BCUT2D eigenvalue weighted by molar-refractivity contribution is 0.414. The Morgan fingerprint density at radius 1 is 0.882 bits per heavy atom. The van der Waals surface area contributed by atoms with Gasteiger partial charge in [-0.3, -0.25) is 0 Å². The summed E-state index contributed by atoms with van der Waals surface area (Å²) in [6.07, 6.45) is 0. The van der Waals surface area contributed by atoms with E-state index in [1.54, 1.807) is 7.11 Å². The molecule has 2 nitrogen and oxygen atoms in total. The van der Waals surface area contributed by atoms with E-state index in [1.165, 1.54) is 5.56 Å². The third kappa shape index (κ3) is 2.66. The van der Waals surface area contributed by atoms with Crippen molar-refractivity contribution in [3.63, 3.8) is 0 Å². The van der Waals surface area contributed by atoms with Crippen molar-refractivity contribution in [1.29, 1.82) is 0 Å². The first-order chi connectivity index (χ1) is 8.20. The lowest BCUT2D eigenvalue weighted by Gasteiger charge is -2.13. The van der Waals surface area contributed by atoms with Crippen LogP contribution < -0.4 is 10.5 Å². The summed E-state index contributed by atoms with van der Waals surface area (Å²) in [5.41, 5.74) is 9.68. The van der Waals surface area contributed by atoms with Gasteiger partial charge in [0.1, 0.15) is 5.75 Å². The highest BCUT2D eigenvalue weighted by atomic mass is 16.5. The van der Waals surface area contributed by atoms with E-state index < -0.39 is 0 Å². The summed E-state index contributed by atoms with van der Waals surface area (Å²) in [7, 11) is 1.66. The molecule has 1 atom stereocenters. The SMILES string of the molecule is COc1ccc(C(N)c2ccc(C)cc2)cc1. The maximum absolute atomic E-state index is 6.22. The zero-order valence-corrected chi connectivity index (χ0v) is 10.2. The van der Waals surface area contributed by atoms with E-state index in [-0.39, 0.29) is 6.04 Å². The number of hydrogen-bond acceptors (Lipinski definition) is 2. The first-order valence-corrected chi connectivity index (χ1v) is 5.67. The molecule has 2 aromatic rings. The van der Waals surface area contributed by atoms with Crippen LogP contribution in [0.2, 0.25) is 0 Å². The monoisotopic (exact) mass is 227 g/mol. The van der Waals surface area contributed by atoms with Crippen molar-refractivity contribution in [3.05, 3.63) is 65.2 Å². The fraction of sp³-hybridized carbons (Fsp3) is 0.200. The van der Waals surface area contributed by atoms with Crippen LogP contribution in [0, 0.1) is 6.92 Å². The number of methoxy groups -OCH3 is 1. The van der Waals surface area contributed by atoms with Crippen LogP contribution in [-0.4, -0.2) is 7.11 Å². The molecule has 0 radical (unpaired) electrons. The summed E-state index contributed by atoms with van der Waals surface area (Å²) in [6, 6.07) is 16.1. The fourth-order valence-electron chi connectivity index (χ4n) is 1.78. The second-order valence-corrected chi connectivity index (χ2v) is 4.16. The highest BCUT2D eigenvalue weighted by Gasteiger charge is 2.08. The number of aryl methyl sites for hydroxylation is 1. The van der Waals surface area contributed by atoms with Gasteiger partial charge in [-0.25, -0.2) is 0 Å². The summed E-state index contributed by atoms with van der Waals surface area (Å²) in [5, 5.41) is 0. The van der Waals surface area contributed by atoms with E-state index in [4.69, 9.17) is 10.5 Å². The summed E-state index contributed by atoms with van der Waals surface area (Å²) in [4.78, 5) is 0. The Hall–Kier alpha value is -1.80. The average molecular weight is 227 g/mol. The molecule has 2 rings (SSSR count). The molecule has 17 heavy (non-hydrogen) atoms. The molecule has 0 aliphatic rings. The molecule has 1 unspecified atom stereocenters. The van der Waals surface area contributed by atoms with Gasteiger partial charge in [-0.1, -0.05) is 42.0 Å². The standard InChI is InChI=1S/C15H17NO/c1-11-3-5-12(6-4-11)15(16)13-7-9-14(17-2)10-8-13/h3-10,15H,16H2,1-2H3. The molecule has 0 saturated heterocycles. The lowest BCUT2D eigenvalue weighted by atomic mass is 9.99. The Labute approximate surface area is 102 Å². The van der Waals surface area contributed by atoms with Crippen molar-refractivity contribution in [3.8, 4) is 5.75 Å². The van der Waals surface area contributed by atoms with Crippen molar-refractivity contribution < 1.29 is 4.74 Å². The van der Waals surface area contributed by atoms with Crippen LogP contribution in [0.25, 0.3) is 0 Å². The van der Waals surface area contributed by atoms with Gasteiger partial charge in [0.2, 0.25) is 0 Å². The minimum atomic E-state index is -0.0819. The van der Waals surface area contributed by atoms with Crippen molar-refractivity contribution in [2.75, 3.05) is 7.11 Å². The second-order valence-electron chi connectivity index (χ2n) is 4.16. The number of benzene rings is 2. The van der Waals surface area contributed by atoms with Gasteiger partial charge in [0.05, 0.1) is 13.2 Å². The molecule has 0 amide bonds.